The van der Waals surface area contributed by atoms with Gasteiger partial charge in [0.05, 0.1) is 11.3 Å². The first-order chi connectivity index (χ1) is 13.6. The van der Waals surface area contributed by atoms with Crippen molar-refractivity contribution < 1.29 is 22.8 Å². The summed E-state index contributed by atoms with van der Waals surface area (Å²) in [6, 6.07) is 9.51. The van der Waals surface area contributed by atoms with Gasteiger partial charge >= 0.3 is 6.18 Å². The molecule has 4 nitrogen and oxygen atoms in total. The van der Waals surface area contributed by atoms with Crippen molar-refractivity contribution in [3.8, 4) is 0 Å². The number of para-hydroxylation sites is 1. The molecule has 0 heterocycles. The van der Waals surface area contributed by atoms with Crippen LogP contribution in [0.15, 0.2) is 48.5 Å². The zero-order chi connectivity index (χ0) is 21.6. The molecule has 1 N–H and O–H groups in total. The predicted octanol–water partition coefficient (Wildman–Crippen LogP) is 5.51. The van der Waals surface area contributed by atoms with Crippen molar-refractivity contribution in [2.24, 2.45) is 0 Å². The van der Waals surface area contributed by atoms with Gasteiger partial charge in [-0.25, -0.2) is 0 Å². The fourth-order valence-corrected chi connectivity index (χ4v) is 3.00. The van der Waals surface area contributed by atoms with Gasteiger partial charge in [-0.3, -0.25) is 9.59 Å². The minimum absolute atomic E-state index is 0.174. The van der Waals surface area contributed by atoms with E-state index in [1.807, 2.05) is 0 Å². The lowest BCUT2D eigenvalue weighted by molar-refractivity contribution is -0.137. The second-order valence-electron chi connectivity index (χ2n) is 5.91. The molecule has 0 aliphatic heterocycles. The minimum Gasteiger partial charge on any atom is -0.330 e. The lowest BCUT2D eigenvalue weighted by Crippen LogP contribution is -2.37. The molecule has 0 radical (unpaired) electrons. The van der Waals surface area contributed by atoms with Crippen LogP contribution >= 0.6 is 23.2 Å². The number of benzene rings is 2. The van der Waals surface area contributed by atoms with E-state index in [-0.39, 0.29) is 12.2 Å². The van der Waals surface area contributed by atoms with Crippen LogP contribution in [0.5, 0.6) is 0 Å². The number of alkyl halides is 3. The highest BCUT2D eigenvalue weighted by atomic mass is 35.5. The molecule has 0 saturated heterocycles. The van der Waals surface area contributed by atoms with E-state index in [0.29, 0.717) is 15.6 Å². The van der Waals surface area contributed by atoms with E-state index in [9.17, 15) is 22.8 Å². The van der Waals surface area contributed by atoms with Crippen molar-refractivity contribution in [3.63, 3.8) is 0 Å². The molecule has 2 aromatic carbocycles. The van der Waals surface area contributed by atoms with E-state index in [1.54, 1.807) is 25.1 Å². The summed E-state index contributed by atoms with van der Waals surface area (Å²) in [5.74, 6) is -1.26. The first-order valence-electron chi connectivity index (χ1n) is 8.50. The molecule has 154 valence electrons. The van der Waals surface area contributed by atoms with Crippen LogP contribution in [0.2, 0.25) is 10.0 Å². The van der Waals surface area contributed by atoms with E-state index >= 15 is 0 Å². The Morgan fingerprint density at radius 1 is 1.07 bits per heavy atom. The molecule has 0 aromatic heterocycles. The summed E-state index contributed by atoms with van der Waals surface area (Å²) in [6.45, 7) is 1.40. The Balaban J connectivity index is 2.09. The van der Waals surface area contributed by atoms with Crippen molar-refractivity contribution in [2.45, 2.75) is 13.1 Å². The molecule has 0 unspecified atom stereocenters. The number of likely N-dealkylation sites (N-methyl/N-ethyl adjacent to an activating group) is 1. The van der Waals surface area contributed by atoms with E-state index in [0.717, 1.165) is 12.1 Å². The predicted molar refractivity (Wildman–Crippen MR) is 108 cm³/mol. The van der Waals surface area contributed by atoms with Crippen molar-refractivity contribution in [3.05, 3.63) is 69.7 Å². The summed E-state index contributed by atoms with van der Waals surface area (Å²) in [6.07, 6.45) is -1.98. The lowest BCUT2D eigenvalue weighted by atomic mass is 10.1. The molecule has 0 spiro atoms. The molecule has 0 atom stereocenters. The number of carbonyl (C=O) groups is 2. The van der Waals surface area contributed by atoms with Crippen LogP contribution in [0, 0.1) is 0 Å². The van der Waals surface area contributed by atoms with Crippen LogP contribution < -0.4 is 5.32 Å². The van der Waals surface area contributed by atoms with Gasteiger partial charge in [0, 0.05) is 28.2 Å². The van der Waals surface area contributed by atoms with Gasteiger partial charge in [0.2, 0.25) is 11.8 Å². The Morgan fingerprint density at radius 3 is 2.28 bits per heavy atom. The number of hydrogen-bond donors (Lipinski definition) is 1. The Bertz CT molecular complexity index is 910. The van der Waals surface area contributed by atoms with E-state index in [1.165, 1.54) is 29.2 Å². The molecule has 0 aliphatic carbocycles. The largest absolute Gasteiger partial charge is 0.418 e. The van der Waals surface area contributed by atoms with Gasteiger partial charge in [-0.2, -0.15) is 13.2 Å². The first-order valence-corrected chi connectivity index (χ1v) is 9.26. The van der Waals surface area contributed by atoms with Crippen LogP contribution in [0.1, 0.15) is 18.1 Å². The topological polar surface area (TPSA) is 49.4 Å². The third-order valence-corrected chi connectivity index (χ3v) is 4.59. The third kappa shape index (κ3) is 6.24. The minimum atomic E-state index is -4.61. The molecular weight excluding hydrogens is 428 g/mol. The molecule has 9 heteroatoms. The number of anilines is 1. The molecule has 0 bridgehead atoms. The average Bonchev–Trinajstić information content (AvgIpc) is 2.65. The zero-order valence-corrected chi connectivity index (χ0v) is 16.8. The maximum atomic E-state index is 13.0. The number of rotatable bonds is 6. The molecule has 0 aliphatic rings. The summed E-state index contributed by atoms with van der Waals surface area (Å²) in [7, 11) is 0. The van der Waals surface area contributed by atoms with Gasteiger partial charge in [-0.15, -0.1) is 0 Å². The van der Waals surface area contributed by atoms with E-state index in [2.05, 4.69) is 5.32 Å². The van der Waals surface area contributed by atoms with Crippen molar-refractivity contribution >= 4 is 46.8 Å². The number of nitrogens with one attached hydrogen (secondary N) is 1. The van der Waals surface area contributed by atoms with Gasteiger partial charge < -0.3 is 10.2 Å². The number of hydrogen-bond acceptors (Lipinski definition) is 2. The van der Waals surface area contributed by atoms with E-state index < -0.39 is 30.1 Å². The van der Waals surface area contributed by atoms with Crippen LogP contribution in [0.25, 0.3) is 6.08 Å². The highest BCUT2D eigenvalue weighted by Crippen LogP contribution is 2.34. The van der Waals surface area contributed by atoms with Crippen LogP contribution in [0.4, 0.5) is 18.9 Å². The first kappa shape index (κ1) is 22.8. The maximum absolute atomic E-state index is 13.0. The maximum Gasteiger partial charge on any atom is 0.418 e. The smallest absolute Gasteiger partial charge is 0.330 e. The number of carbonyl (C=O) groups excluding carboxylic acids is 2. The molecular formula is C20H17Cl2F3N2O2. The Kier molecular flexibility index (Phi) is 7.70. The van der Waals surface area contributed by atoms with Crippen LogP contribution in [-0.2, 0) is 15.8 Å². The van der Waals surface area contributed by atoms with Crippen LogP contribution in [0.3, 0.4) is 0 Å². The highest BCUT2D eigenvalue weighted by Gasteiger charge is 2.33. The fraction of sp³-hybridized carbons (Fsp3) is 0.200. The van der Waals surface area contributed by atoms with Gasteiger partial charge in [0.25, 0.3) is 0 Å². The van der Waals surface area contributed by atoms with Gasteiger partial charge in [-0.05, 0) is 37.3 Å². The van der Waals surface area contributed by atoms with Crippen molar-refractivity contribution in [1.29, 1.82) is 0 Å². The third-order valence-electron chi connectivity index (χ3n) is 3.93. The zero-order valence-electron chi connectivity index (χ0n) is 15.3. The fourth-order valence-electron chi connectivity index (χ4n) is 2.48. The average molecular weight is 445 g/mol. The number of halogens is 5. The lowest BCUT2D eigenvalue weighted by Gasteiger charge is -2.20. The molecule has 2 amide bonds. The summed E-state index contributed by atoms with van der Waals surface area (Å²) < 4.78 is 39.1. The van der Waals surface area contributed by atoms with Crippen LogP contribution in [-0.4, -0.2) is 29.8 Å². The number of amides is 2. The number of nitrogens with zero attached hydrogens (tertiary/aromatic N) is 1. The molecule has 0 saturated carbocycles. The molecule has 2 aromatic rings. The highest BCUT2D eigenvalue weighted by molar-refractivity contribution is 6.37. The summed E-state index contributed by atoms with van der Waals surface area (Å²) in [4.78, 5) is 25.8. The Morgan fingerprint density at radius 2 is 1.69 bits per heavy atom. The van der Waals surface area contributed by atoms with E-state index in [4.69, 9.17) is 23.2 Å². The molecule has 29 heavy (non-hydrogen) atoms. The Labute approximate surface area is 175 Å². The summed E-state index contributed by atoms with van der Waals surface area (Å²) >= 11 is 12.1. The van der Waals surface area contributed by atoms with Gasteiger partial charge in [0.15, 0.2) is 0 Å². The standard InChI is InChI=1S/C20H17Cl2F3N2O2/c1-2-27(19(29)11-10-13-15(21)7-5-8-16(13)22)12-18(28)26-17-9-4-3-6-14(17)20(23,24)25/h3-11H,2,12H2,1H3,(H,26,28)/b11-10+. The molecule has 0 fully saturated rings. The summed E-state index contributed by atoms with van der Waals surface area (Å²) in [5.41, 5.74) is -0.883. The monoisotopic (exact) mass is 444 g/mol. The molecule has 2 rings (SSSR count). The van der Waals surface area contributed by atoms with Crippen molar-refractivity contribution in [2.75, 3.05) is 18.4 Å². The van der Waals surface area contributed by atoms with Gasteiger partial charge in [0.1, 0.15) is 6.54 Å². The quantitative estimate of drug-likeness (QED) is 0.596. The second kappa shape index (κ2) is 9.80. The van der Waals surface area contributed by atoms with Crippen molar-refractivity contribution in [1.82, 2.24) is 4.90 Å². The Hall–Kier alpha value is -2.51. The SMILES string of the molecule is CCN(CC(=O)Nc1ccccc1C(F)(F)F)C(=O)/C=C/c1c(Cl)cccc1Cl. The normalized spacial score (nSPS) is 11.5. The second-order valence-corrected chi connectivity index (χ2v) is 6.73. The summed E-state index contributed by atoms with van der Waals surface area (Å²) in [5, 5.41) is 2.92. The van der Waals surface area contributed by atoms with Gasteiger partial charge in [-0.1, -0.05) is 41.4 Å².